The second-order valence-electron chi connectivity index (χ2n) is 4.35. The summed E-state index contributed by atoms with van der Waals surface area (Å²) in [7, 11) is 0. The first kappa shape index (κ1) is 10.0. The molecule has 0 spiro atoms. The van der Waals surface area contributed by atoms with Crippen molar-refractivity contribution >= 4 is 0 Å². The molecule has 15 heavy (non-hydrogen) atoms. The second kappa shape index (κ2) is 3.93. The summed E-state index contributed by atoms with van der Waals surface area (Å²) in [5.41, 5.74) is 5.06. The third-order valence-electron chi connectivity index (χ3n) is 2.69. The fourth-order valence-corrected chi connectivity index (χ4v) is 1.65. The molecular formula is C14H17N. The quantitative estimate of drug-likeness (QED) is 0.749. The molecule has 1 heterocycles. The van der Waals surface area contributed by atoms with Crippen LogP contribution in [0.4, 0.5) is 0 Å². The zero-order valence-corrected chi connectivity index (χ0v) is 9.54. The van der Waals surface area contributed by atoms with Crippen LogP contribution in [0.25, 0.3) is 11.3 Å². The summed E-state index contributed by atoms with van der Waals surface area (Å²) in [5.74, 6) is 0.559. The van der Waals surface area contributed by atoms with Gasteiger partial charge in [0.05, 0.1) is 0 Å². The van der Waals surface area contributed by atoms with Crippen LogP contribution >= 0.6 is 0 Å². The molecule has 0 aliphatic carbocycles. The lowest BCUT2D eigenvalue weighted by Gasteiger charge is -2.01. The van der Waals surface area contributed by atoms with E-state index in [0.717, 1.165) is 0 Å². The summed E-state index contributed by atoms with van der Waals surface area (Å²) in [5, 5.41) is 0. The van der Waals surface area contributed by atoms with Gasteiger partial charge in [0.15, 0.2) is 0 Å². The van der Waals surface area contributed by atoms with E-state index in [4.69, 9.17) is 0 Å². The van der Waals surface area contributed by atoms with E-state index >= 15 is 0 Å². The van der Waals surface area contributed by atoms with E-state index in [0.29, 0.717) is 5.92 Å². The maximum Gasteiger partial charge on any atom is 0.0456 e. The van der Waals surface area contributed by atoms with Crippen molar-refractivity contribution in [2.45, 2.75) is 26.7 Å². The maximum absolute atomic E-state index is 3.45. The van der Waals surface area contributed by atoms with Crippen LogP contribution in [0.15, 0.2) is 36.4 Å². The van der Waals surface area contributed by atoms with Crippen LogP contribution in [-0.2, 0) is 0 Å². The van der Waals surface area contributed by atoms with Crippen molar-refractivity contribution in [1.29, 1.82) is 0 Å². The number of hydrogen-bond donors (Lipinski definition) is 1. The van der Waals surface area contributed by atoms with Gasteiger partial charge in [-0.25, -0.2) is 0 Å². The highest BCUT2D eigenvalue weighted by atomic mass is 14.7. The fourth-order valence-electron chi connectivity index (χ4n) is 1.65. The summed E-state index contributed by atoms with van der Waals surface area (Å²) in [6.07, 6.45) is 0. The Kier molecular flexibility index (Phi) is 2.63. The zero-order chi connectivity index (χ0) is 10.8. The Hall–Kier alpha value is -1.50. The number of aromatic amines is 1. The maximum atomic E-state index is 3.45. The van der Waals surface area contributed by atoms with Crippen molar-refractivity contribution in [2.75, 3.05) is 0 Å². The van der Waals surface area contributed by atoms with Crippen LogP contribution in [0, 0.1) is 6.92 Å². The Morgan fingerprint density at radius 3 is 2.13 bits per heavy atom. The summed E-state index contributed by atoms with van der Waals surface area (Å²) in [4.78, 5) is 3.45. The summed E-state index contributed by atoms with van der Waals surface area (Å²) >= 11 is 0. The smallest absolute Gasteiger partial charge is 0.0456 e. The summed E-state index contributed by atoms with van der Waals surface area (Å²) in [6, 6.07) is 12.9. The topological polar surface area (TPSA) is 15.8 Å². The van der Waals surface area contributed by atoms with Crippen LogP contribution in [0.3, 0.4) is 0 Å². The zero-order valence-electron chi connectivity index (χ0n) is 9.54. The van der Waals surface area contributed by atoms with Crippen molar-refractivity contribution in [1.82, 2.24) is 4.98 Å². The SMILES string of the molecule is Cc1ccc(-c2ccc(C(C)C)[nH]2)cc1. The minimum atomic E-state index is 0.559. The lowest BCUT2D eigenvalue weighted by atomic mass is 10.1. The van der Waals surface area contributed by atoms with Gasteiger partial charge in [-0.15, -0.1) is 0 Å². The molecule has 0 saturated carbocycles. The minimum Gasteiger partial charge on any atom is -0.358 e. The predicted octanol–water partition coefficient (Wildman–Crippen LogP) is 4.11. The number of nitrogens with one attached hydrogen (secondary N) is 1. The minimum absolute atomic E-state index is 0.559. The molecule has 0 aliphatic rings. The van der Waals surface area contributed by atoms with E-state index < -0.39 is 0 Å². The number of benzene rings is 1. The van der Waals surface area contributed by atoms with E-state index in [-0.39, 0.29) is 0 Å². The highest BCUT2D eigenvalue weighted by Crippen LogP contribution is 2.22. The van der Waals surface area contributed by atoms with Gasteiger partial charge in [0.25, 0.3) is 0 Å². The molecule has 0 saturated heterocycles. The molecule has 0 unspecified atom stereocenters. The van der Waals surface area contributed by atoms with Gasteiger partial charge in [0, 0.05) is 11.4 Å². The first-order valence-electron chi connectivity index (χ1n) is 5.43. The van der Waals surface area contributed by atoms with Crippen molar-refractivity contribution in [3.8, 4) is 11.3 Å². The summed E-state index contributed by atoms with van der Waals surface area (Å²) < 4.78 is 0. The molecule has 1 aromatic heterocycles. The van der Waals surface area contributed by atoms with Crippen LogP contribution in [0.1, 0.15) is 31.0 Å². The van der Waals surface area contributed by atoms with Crippen LogP contribution in [0.5, 0.6) is 0 Å². The lowest BCUT2D eigenvalue weighted by molar-refractivity contribution is 0.834. The van der Waals surface area contributed by atoms with Crippen LogP contribution in [-0.4, -0.2) is 4.98 Å². The first-order chi connectivity index (χ1) is 7.16. The van der Waals surface area contributed by atoms with Crippen molar-refractivity contribution < 1.29 is 0 Å². The molecule has 0 radical (unpaired) electrons. The van der Waals surface area contributed by atoms with E-state index in [9.17, 15) is 0 Å². The van der Waals surface area contributed by atoms with Gasteiger partial charge in [-0.05, 0) is 30.5 Å². The van der Waals surface area contributed by atoms with E-state index in [1.165, 1.54) is 22.5 Å². The molecule has 1 aromatic carbocycles. The Morgan fingerprint density at radius 1 is 0.933 bits per heavy atom. The van der Waals surface area contributed by atoms with Crippen molar-refractivity contribution in [2.24, 2.45) is 0 Å². The molecule has 1 heteroatoms. The van der Waals surface area contributed by atoms with E-state index in [1.54, 1.807) is 0 Å². The van der Waals surface area contributed by atoms with Crippen molar-refractivity contribution in [3.63, 3.8) is 0 Å². The molecule has 0 bridgehead atoms. The predicted molar refractivity (Wildman–Crippen MR) is 65.1 cm³/mol. The first-order valence-corrected chi connectivity index (χ1v) is 5.43. The third kappa shape index (κ3) is 2.12. The van der Waals surface area contributed by atoms with Gasteiger partial charge >= 0.3 is 0 Å². The molecule has 0 atom stereocenters. The van der Waals surface area contributed by atoms with Gasteiger partial charge in [-0.3, -0.25) is 0 Å². The number of aryl methyl sites for hydroxylation is 1. The van der Waals surface area contributed by atoms with Gasteiger partial charge in [-0.2, -0.15) is 0 Å². The largest absolute Gasteiger partial charge is 0.358 e. The molecule has 2 rings (SSSR count). The highest BCUT2D eigenvalue weighted by Gasteiger charge is 2.03. The van der Waals surface area contributed by atoms with Gasteiger partial charge in [-0.1, -0.05) is 43.7 Å². The normalized spacial score (nSPS) is 10.9. The molecule has 0 aliphatic heterocycles. The molecule has 78 valence electrons. The average Bonchev–Trinajstić information content (AvgIpc) is 2.68. The Labute approximate surface area is 91.2 Å². The highest BCUT2D eigenvalue weighted by molar-refractivity contribution is 5.60. The Bertz CT molecular complexity index is 435. The molecule has 1 nitrogen and oxygen atoms in total. The molecular weight excluding hydrogens is 182 g/mol. The number of aromatic nitrogens is 1. The molecule has 1 N–H and O–H groups in total. The van der Waals surface area contributed by atoms with Gasteiger partial charge < -0.3 is 4.98 Å². The van der Waals surface area contributed by atoms with Crippen LogP contribution in [0.2, 0.25) is 0 Å². The van der Waals surface area contributed by atoms with E-state index in [2.05, 4.69) is 62.2 Å². The monoisotopic (exact) mass is 199 g/mol. The molecule has 0 fully saturated rings. The molecule has 0 amide bonds. The Balaban J connectivity index is 2.33. The van der Waals surface area contributed by atoms with Gasteiger partial charge in [0.2, 0.25) is 0 Å². The number of hydrogen-bond acceptors (Lipinski definition) is 0. The fraction of sp³-hybridized carbons (Fsp3) is 0.286. The van der Waals surface area contributed by atoms with Gasteiger partial charge in [0.1, 0.15) is 0 Å². The second-order valence-corrected chi connectivity index (χ2v) is 4.35. The number of H-pyrrole nitrogens is 1. The van der Waals surface area contributed by atoms with Crippen molar-refractivity contribution in [3.05, 3.63) is 47.7 Å². The molecule has 2 aromatic rings. The van der Waals surface area contributed by atoms with E-state index in [1.807, 2.05) is 0 Å². The summed E-state index contributed by atoms with van der Waals surface area (Å²) in [6.45, 7) is 6.51. The standard InChI is InChI=1S/C14H17N/c1-10(2)13-8-9-14(15-13)12-6-4-11(3)5-7-12/h4-10,15H,1-3H3. The lowest BCUT2D eigenvalue weighted by Crippen LogP contribution is -1.86. The third-order valence-corrected chi connectivity index (χ3v) is 2.69. The average molecular weight is 199 g/mol. The Morgan fingerprint density at radius 2 is 1.60 bits per heavy atom. The van der Waals surface area contributed by atoms with Crippen LogP contribution < -0.4 is 0 Å². The number of rotatable bonds is 2.